The first-order valence-electron chi connectivity index (χ1n) is 7.66. The van der Waals surface area contributed by atoms with Crippen molar-refractivity contribution in [3.63, 3.8) is 0 Å². The molecule has 0 saturated carbocycles. The van der Waals surface area contributed by atoms with E-state index < -0.39 is 12.1 Å². The molecule has 2 aromatic heterocycles. The Morgan fingerprint density at radius 1 is 1.42 bits per heavy atom. The zero-order valence-corrected chi connectivity index (χ0v) is 13.8. The third kappa shape index (κ3) is 2.71. The largest absolute Gasteiger partial charge is 0.368 e. The van der Waals surface area contributed by atoms with Gasteiger partial charge in [-0.1, -0.05) is 0 Å². The van der Waals surface area contributed by atoms with Gasteiger partial charge in [-0.3, -0.25) is 9.48 Å². The molecule has 0 saturated heterocycles. The minimum absolute atomic E-state index is 0.396. The second-order valence-corrected chi connectivity index (χ2v) is 5.64. The summed E-state index contributed by atoms with van der Waals surface area (Å²) in [6.45, 7) is 4.50. The van der Waals surface area contributed by atoms with Crippen LogP contribution >= 0.6 is 0 Å². The smallest absolute Gasteiger partial charge is 0.248 e. The molecule has 126 valence electrons. The SMILES string of the molecule is CCn1nc(C)cc1C(O)Nc1nc2cc(C(N)=O)ccc2n1C. The first-order valence-corrected chi connectivity index (χ1v) is 7.66. The Hall–Kier alpha value is -2.87. The van der Waals surface area contributed by atoms with E-state index in [9.17, 15) is 9.90 Å². The number of primary amides is 1. The van der Waals surface area contributed by atoms with Gasteiger partial charge in [0.25, 0.3) is 0 Å². The number of carbonyl (C=O) groups is 1. The molecule has 0 aliphatic heterocycles. The number of aryl methyl sites for hydroxylation is 3. The molecule has 1 unspecified atom stereocenters. The van der Waals surface area contributed by atoms with Gasteiger partial charge in [-0.2, -0.15) is 5.10 Å². The molecule has 3 aromatic rings. The number of hydrogen-bond acceptors (Lipinski definition) is 5. The van der Waals surface area contributed by atoms with Crippen LogP contribution in [0.15, 0.2) is 24.3 Å². The molecule has 0 radical (unpaired) electrons. The highest BCUT2D eigenvalue weighted by Crippen LogP contribution is 2.23. The molecule has 4 N–H and O–H groups in total. The van der Waals surface area contributed by atoms with Crippen LogP contribution in [0.1, 0.15) is 34.9 Å². The van der Waals surface area contributed by atoms with Crippen molar-refractivity contribution in [3.8, 4) is 0 Å². The molecule has 2 heterocycles. The maximum absolute atomic E-state index is 11.3. The van der Waals surface area contributed by atoms with Gasteiger partial charge in [-0.05, 0) is 38.1 Å². The maximum atomic E-state index is 11.3. The van der Waals surface area contributed by atoms with Crippen LogP contribution in [0.2, 0.25) is 0 Å². The third-order valence-corrected chi connectivity index (χ3v) is 3.94. The Balaban J connectivity index is 1.94. The first-order chi connectivity index (χ1) is 11.4. The Morgan fingerprint density at radius 2 is 2.17 bits per heavy atom. The van der Waals surface area contributed by atoms with Crippen LogP contribution in [0.4, 0.5) is 5.95 Å². The lowest BCUT2D eigenvalue weighted by Crippen LogP contribution is -2.17. The van der Waals surface area contributed by atoms with Crippen molar-refractivity contribution in [1.29, 1.82) is 0 Å². The molecule has 3 rings (SSSR count). The number of aliphatic hydroxyl groups excluding tert-OH is 1. The van der Waals surface area contributed by atoms with Crippen molar-refractivity contribution >= 4 is 22.9 Å². The van der Waals surface area contributed by atoms with Crippen molar-refractivity contribution in [2.75, 3.05) is 5.32 Å². The quantitative estimate of drug-likeness (QED) is 0.611. The highest BCUT2D eigenvalue weighted by atomic mass is 16.3. The summed E-state index contributed by atoms with van der Waals surface area (Å²) in [6, 6.07) is 6.90. The molecule has 0 spiro atoms. The Morgan fingerprint density at radius 3 is 2.83 bits per heavy atom. The van der Waals surface area contributed by atoms with Crippen LogP contribution in [0.3, 0.4) is 0 Å². The van der Waals surface area contributed by atoms with E-state index >= 15 is 0 Å². The predicted molar refractivity (Wildman–Crippen MR) is 90.5 cm³/mol. The van der Waals surface area contributed by atoms with E-state index in [0.717, 1.165) is 11.2 Å². The lowest BCUT2D eigenvalue weighted by Gasteiger charge is -2.14. The topological polar surface area (TPSA) is 111 Å². The molecule has 0 aliphatic rings. The number of rotatable bonds is 5. The number of imidazole rings is 1. The molecule has 24 heavy (non-hydrogen) atoms. The van der Waals surface area contributed by atoms with Crippen LogP contribution in [0.5, 0.6) is 0 Å². The average molecular weight is 328 g/mol. The van der Waals surface area contributed by atoms with Crippen molar-refractivity contribution < 1.29 is 9.90 Å². The van der Waals surface area contributed by atoms with Crippen molar-refractivity contribution in [2.45, 2.75) is 26.6 Å². The highest BCUT2D eigenvalue weighted by molar-refractivity contribution is 5.96. The number of carbonyl (C=O) groups excluding carboxylic acids is 1. The second-order valence-electron chi connectivity index (χ2n) is 5.64. The van der Waals surface area contributed by atoms with Crippen LogP contribution in [-0.2, 0) is 13.6 Å². The first kappa shape index (κ1) is 16.0. The standard InChI is InChI=1S/C16H20N6O2/c1-4-22-13(7-9(2)20-22)15(24)19-16-18-11-8-10(14(17)23)5-6-12(11)21(16)3/h5-8,15,24H,4H2,1-3H3,(H2,17,23)(H,18,19). The fourth-order valence-corrected chi connectivity index (χ4v) is 2.72. The van der Waals surface area contributed by atoms with Gasteiger partial charge in [0, 0.05) is 19.2 Å². The molecule has 0 bridgehead atoms. The van der Waals surface area contributed by atoms with E-state index in [4.69, 9.17) is 5.73 Å². The Bertz CT molecular complexity index is 911. The van der Waals surface area contributed by atoms with Gasteiger partial charge < -0.3 is 20.7 Å². The van der Waals surface area contributed by atoms with Gasteiger partial charge in [0.15, 0.2) is 6.23 Å². The summed E-state index contributed by atoms with van der Waals surface area (Å²) in [5, 5.41) is 17.8. The lowest BCUT2D eigenvalue weighted by atomic mass is 10.2. The van der Waals surface area contributed by atoms with Crippen LogP contribution in [-0.4, -0.2) is 30.3 Å². The Kier molecular flexibility index (Phi) is 3.98. The number of benzene rings is 1. The van der Waals surface area contributed by atoms with E-state index in [1.807, 2.05) is 31.5 Å². The third-order valence-electron chi connectivity index (χ3n) is 3.94. The summed E-state index contributed by atoms with van der Waals surface area (Å²) in [4.78, 5) is 15.7. The number of amides is 1. The van der Waals surface area contributed by atoms with E-state index in [1.54, 1.807) is 22.9 Å². The number of hydrogen-bond donors (Lipinski definition) is 3. The maximum Gasteiger partial charge on any atom is 0.248 e. The number of nitrogens with two attached hydrogens (primary N) is 1. The van der Waals surface area contributed by atoms with Gasteiger partial charge in [0.05, 0.1) is 22.4 Å². The molecule has 1 aromatic carbocycles. The Labute approximate surface area is 138 Å². The minimum Gasteiger partial charge on any atom is -0.368 e. The van der Waals surface area contributed by atoms with Crippen molar-refractivity contribution in [3.05, 3.63) is 41.2 Å². The molecule has 8 heteroatoms. The second kappa shape index (κ2) is 5.97. The molecule has 0 fully saturated rings. The number of nitrogens with zero attached hydrogens (tertiary/aromatic N) is 4. The van der Waals surface area contributed by atoms with Gasteiger partial charge >= 0.3 is 0 Å². The highest BCUT2D eigenvalue weighted by Gasteiger charge is 2.17. The zero-order chi connectivity index (χ0) is 17.4. The number of fused-ring (bicyclic) bond motifs is 1. The number of nitrogens with one attached hydrogen (secondary N) is 1. The summed E-state index contributed by atoms with van der Waals surface area (Å²) in [6.07, 6.45) is -0.947. The van der Waals surface area contributed by atoms with E-state index in [-0.39, 0.29) is 0 Å². The van der Waals surface area contributed by atoms with E-state index in [2.05, 4.69) is 15.4 Å². The van der Waals surface area contributed by atoms with Gasteiger partial charge in [0.1, 0.15) is 0 Å². The van der Waals surface area contributed by atoms with Crippen LogP contribution in [0.25, 0.3) is 11.0 Å². The minimum atomic E-state index is -0.947. The van der Waals surface area contributed by atoms with Crippen LogP contribution in [0, 0.1) is 6.92 Å². The molecule has 0 aliphatic carbocycles. The monoisotopic (exact) mass is 328 g/mol. The summed E-state index contributed by atoms with van der Waals surface area (Å²) < 4.78 is 3.55. The summed E-state index contributed by atoms with van der Waals surface area (Å²) in [5.41, 5.74) is 8.66. The van der Waals surface area contributed by atoms with Crippen molar-refractivity contribution in [1.82, 2.24) is 19.3 Å². The number of aliphatic hydroxyl groups is 1. The fourth-order valence-electron chi connectivity index (χ4n) is 2.72. The summed E-state index contributed by atoms with van der Waals surface area (Å²) in [7, 11) is 1.83. The average Bonchev–Trinajstić information content (AvgIpc) is 3.07. The predicted octanol–water partition coefficient (Wildman–Crippen LogP) is 1.30. The fraction of sp³-hybridized carbons (Fsp3) is 0.312. The zero-order valence-electron chi connectivity index (χ0n) is 13.8. The van der Waals surface area contributed by atoms with E-state index in [1.165, 1.54) is 0 Å². The van der Waals surface area contributed by atoms with Gasteiger partial charge in [0.2, 0.25) is 11.9 Å². The van der Waals surface area contributed by atoms with Gasteiger partial charge in [-0.25, -0.2) is 4.98 Å². The number of anilines is 1. The van der Waals surface area contributed by atoms with Crippen LogP contribution < -0.4 is 11.1 Å². The van der Waals surface area contributed by atoms with Gasteiger partial charge in [-0.15, -0.1) is 0 Å². The lowest BCUT2D eigenvalue weighted by molar-refractivity contribution is 0.100. The molecule has 8 nitrogen and oxygen atoms in total. The van der Waals surface area contributed by atoms with Crippen molar-refractivity contribution in [2.24, 2.45) is 12.8 Å². The normalized spacial score (nSPS) is 12.5. The molecule has 1 atom stereocenters. The molecular weight excluding hydrogens is 308 g/mol. The molecular formula is C16H20N6O2. The van der Waals surface area contributed by atoms with E-state index in [0.29, 0.717) is 29.3 Å². The molecule has 1 amide bonds. The number of aromatic nitrogens is 4. The summed E-state index contributed by atoms with van der Waals surface area (Å²) >= 11 is 0. The summed E-state index contributed by atoms with van der Waals surface area (Å²) in [5.74, 6) is -0.0138.